The summed E-state index contributed by atoms with van der Waals surface area (Å²) in [5.74, 6) is -0.986. The fraction of sp³-hybridized carbons (Fsp3) is 0.857. The Morgan fingerprint density at radius 2 is 2.45 bits per heavy atom. The van der Waals surface area contributed by atoms with E-state index < -0.39 is 18.1 Å². The molecule has 0 radical (unpaired) electrons. The predicted octanol–water partition coefficient (Wildman–Crippen LogP) is 0.107. The maximum atomic E-state index is 12.9. The molecule has 1 aliphatic heterocycles. The van der Waals surface area contributed by atoms with Gasteiger partial charge in [-0.2, -0.15) is 0 Å². The zero-order valence-electron chi connectivity index (χ0n) is 6.47. The van der Waals surface area contributed by atoms with Crippen molar-refractivity contribution in [3.63, 3.8) is 0 Å². The van der Waals surface area contributed by atoms with E-state index in [2.05, 4.69) is 10.1 Å². The van der Waals surface area contributed by atoms with Crippen molar-refractivity contribution in [2.45, 2.75) is 12.6 Å². The van der Waals surface area contributed by atoms with Gasteiger partial charge in [0.2, 0.25) is 0 Å². The highest BCUT2D eigenvalue weighted by atomic mass is 19.1. The lowest BCUT2D eigenvalue weighted by atomic mass is 9.97. The molecule has 1 aliphatic rings. The summed E-state index contributed by atoms with van der Waals surface area (Å²) in [7, 11) is 1.29. The van der Waals surface area contributed by atoms with E-state index in [1.807, 2.05) is 0 Å². The molecule has 0 aromatic rings. The molecule has 0 saturated carbocycles. The minimum Gasteiger partial charge on any atom is -0.469 e. The van der Waals surface area contributed by atoms with Gasteiger partial charge in [0.1, 0.15) is 6.17 Å². The van der Waals surface area contributed by atoms with E-state index in [1.54, 1.807) is 0 Å². The molecule has 1 saturated heterocycles. The molecule has 64 valence electrons. The van der Waals surface area contributed by atoms with Crippen LogP contribution < -0.4 is 5.32 Å². The van der Waals surface area contributed by atoms with Gasteiger partial charge in [-0.15, -0.1) is 0 Å². The number of carbonyl (C=O) groups is 1. The Labute approximate surface area is 64.9 Å². The van der Waals surface area contributed by atoms with Gasteiger partial charge in [0.25, 0.3) is 0 Å². The maximum Gasteiger partial charge on any atom is 0.311 e. The first-order chi connectivity index (χ1) is 5.25. The molecule has 0 spiro atoms. The highest BCUT2D eigenvalue weighted by Gasteiger charge is 2.31. The Bertz CT molecular complexity index is 151. The third-order valence-electron chi connectivity index (χ3n) is 1.91. The van der Waals surface area contributed by atoms with Gasteiger partial charge in [-0.1, -0.05) is 0 Å². The number of hydrogen-bond donors (Lipinski definition) is 1. The van der Waals surface area contributed by atoms with Gasteiger partial charge < -0.3 is 10.1 Å². The van der Waals surface area contributed by atoms with Crippen LogP contribution in [-0.2, 0) is 9.53 Å². The lowest BCUT2D eigenvalue weighted by molar-refractivity contribution is -0.148. The monoisotopic (exact) mass is 161 g/mol. The Morgan fingerprint density at radius 1 is 1.73 bits per heavy atom. The van der Waals surface area contributed by atoms with Crippen LogP contribution in [0.4, 0.5) is 4.39 Å². The van der Waals surface area contributed by atoms with Crippen LogP contribution in [-0.4, -0.2) is 32.3 Å². The Hall–Kier alpha value is -0.640. The minimum absolute atomic E-state index is 0.264. The summed E-state index contributed by atoms with van der Waals surface area (Å²) in [6.45, 7) is 0.958. The number of alkyl halides is 1. The van der Waals surface area contributed by atoms with Crippen molar-refractivity contribution < 1.29 is 13.9 Å². The Morgan fingerprint density at radius 3 is 3.00 bits per heavy atom. The van der Waals surface area contributed by atoms with Crippen LogP contribution in [0.2, 0.25) is 0 Å². The SMILES string of the molecule is COC(=O)[C@@H]1CCNC[C@@H]1F. The highest BCUT2D eigenvalue weighted by molar-refractivity contribution is 5.73. The first-order valence-electron chi connectivity index (χ1n) is 3.68. The number of carbonyl (C=O) groups excluding carboxylic acids is 1. The molecule has 0 amide bonds. The number of piperidine rings is 1. The standard InChI is InChI=1S/C7H12FNO2/c1-11-7(10)5-2-3-9-4-6(5)8/h5-6,9H,2-4H2,1H3/t5-,6+/m1/s1. The summed E-state index contributed by atoms with van der Waals surface area (Å²) >= 11 is 0. The first-order valence-corrected chi connectivity index (χ1v) is 3.68. The molecule has 4 heteroatoms. The van der Waals surface area contributed by atoms with Crippen LogP contribution in [0, 0.1) is 5.92 Å². The lowest BCUT2D eigenvalue weighted by Gasteiger charge is -2.24. The van der Waals surface area contributed by atoms with Crippen molar-refractivity contribution in [1.82, 2.24) is 5.32 Å². The van der Waals surface area contributed by atoms with E-state index in [4.69, 9.17) is 0 Å². The molecule has 1 fully saturated rings. The molecule has 1 rings (SSSR count). The summed E-state index contributed by atoms with van der Waals surface area (Å²) in [5.41, 5.74) is 0. The number of esters is 1. The van der Waals surface area contributed by atoms with Gasteiger partial charge >= 0.3 is 5.97 Å². The summed E-state index contributed by atoms with van der Waals surface area (Å²) in [5, 5.41) is 2.86. The molecule has 2 atom stereocenters. The van der Waals surface area contributed by atoms with Crippen LogP contribution >= 0.6 is 0 Å². The van der Waals surface area contributed by atoms with Gasteiger partial charge in [-0.05, 0) is 13.0 Å². The summed E-state index contributed by atoms with van der Waals surface area (Å²) in [4.78, 5) is 10.9. The second-order valence-corrected chi connectivity index (χ2v) is 2.64. The molecule has 3 nitrogen and oxygen atoms in total. The fourth-order valence-electron chi connectivity index (χ4n) is 1.24. The summed E-state index contributed by atoms with van der Waals surface area (Å²) in [6, 6.07) is 0. The van der Waals surface area contributed by atoms with Gasteiger partial charge in [-0.3, -0.25) is 4.79 Å². The number of nitrogens with one attached hydrogen (secondary N) is 1. The van der Waals surface area contributed by atoms with Crippen molar-refractivity contribution in [1.29, 1.82) is 0 Å². The quantitative estimate of drug-likeness (QED) is 0.554. The molecule has 0 aromatic heterocycles. The zero-order valence-corrected chi connectivity index (χ0v) is 6.47. The Kier molecular flexibility index (Phi) is 2.82. The largest absolute Gasteiger partial charge is 0.469 e. The molecular weight excluding hydrogens is 149 g/mol. The van der Waals surface area contributed by atoms with Crippen molar-refractivity contribution in [3.05, 3.63) is 0 Å². The lowest BCUT2D eigenvalue weighted by Crippen LogP contribution is -2.42. The number of halogens is 1. The van der Waals surface area contributed by atoms with Crippen LogP contribution in [0.5, 0.6) is 0 Å². The molecule has 0 aromatic carbocycles. The molecule has 11 heavy (non-hydrogen) atoms. The summed E-state index contributed by atoms with van der Waals surface area (Å²) in [6.07, 6.45) is -0.551. The average Bonchev–Trinajstić information content (AvgIpc) is 2.04. The van der Waals surface area contributed by atoms with E-state index in [0.717, 1.165) is 0 Å². The molecule has 1 heterocycles. The van der Waals surface area contributed by atoms with Crippen LogP contribution in [0.25, 0.3) is 0 Å². The van der Waals surface area contributed by atoms with E-state index >= 15 is 0 Å². The fourth-order valence-corrected chi connectivity index (χ4v) is 1.24. The van der Waals surface area contributed by atoms with E-state index in [1.165, 1.54) is 7.11 Å². The van der Waals surface area contributed by atoms with Gasteiger partial charge in [0.15, 0.2) is 0 Å². The zero-order chi connectivity index (χ0) is 8.27. The topological polar surface area (TPSA) is 38.3 Å². The number of hydrogen-bond acceptors (Lipinski definition) is 3. The number of methoxy groups -OCH3 is 1. The van der Waals surface area contributed by atoms with Crippen molar-refractivity contribution >= 4 is 5.97 Å². The van der Waals surface area contributed by atoms with Gasteiger partial charge in [0.05, 0.1) is 13.0 Å². The van der Waals surface area contributed by atoms with E-state index in [-0.39, 0.29) is 6.54 Å². The van der Waals surface area contributed by atoms with Crippen molar-refractivity contribution in [2.24, 2.45) is 5.92 Å². The maximum absolute atomic E-state index is 12.9. The Balaban J connectivity index is 2.47. The minimum atomic E-state index is -1.09. The summed E-state index contributed by atoms with van der Waals surface area (Å²) < 4.78 is 17.4. The van der Waals surface area contributed by atoms with Crippen LogP contribution in [0.3, 0.4) is 0 Å². The van der Waals surface area contributed by atoms with Crippen LogP contribution in [0.1, 0.15) is 6.42 Å². The van der Waals surface area contributed by atoms with Gasteiger partial charge in [-0.25, -0.2) is 4.39 Å². The third-order valence-corrected chi connectivity index (χ3v) is 1.91. The van der Waals surface area contributed by atoms with E-state index in [9.17, 15) is 9.18 Å². The predicted molar refractivity (Wildman–Crippen MR) is 37.9 cm³/mol. The smallest absolute Gasteiger partial charge is 0.311 e. The normalized spacial score (nSPS) is 31.5. The third kappa shape index (κ3) is 1.89. The molecule has 0 unspecified atom stereocenters. The second kappa shape index (κ2) is 3.67. The van der Waals surface area contributed by atoms with Crippen molar-refractivity contribution in [3.8, 4) is 0 Å². The average molecular weight is 161 g/mol. The second-order valence-electron chi connectivity index (χ2n) is 2.64. The van der Waals surface area contributed by atoms with Crippen LogP contribution in [0.15, 0.2) is 0 Å². The number of ether oxygens (including phenoxy) is 1. The van der Waals surface area contributed by atoms with E-state index in [0.29, 0.717) is 13.0 Å². The highest BCUT2D eigenvalue weighted by Crippen LogP contribution is 2.16. The first kappa shape index (κ1) is 8.46. The molecular formula is C7H12FNO2. The van der Waals surface area contributed by atoms with Crippen molar-refractivity contribution in [2.75, 3.05) is 20.2 Å². The number of rotatable bonds is 1. The van der Waals surface area contributed by atoms with Gasteiger partial charge in [0, 0.05) is 6.54 Å². The molecule has 0 aliphatic carbocycles. The molecule has 1 N–H and O–H groups in total. The molecule has 0 bridgehead atoms.